The van der Waals surface area contributed by atoms with Crippen LogP contribution in [0.5, 0.6) is 0 Å². The molecule has 2 amide bonds. The summed E-state index contributed by atoms with van der Waals surface area (Å²) in [6.07, 6.45) is 0.809. The van der Waals surface area contributed by atoms with Gasteiger partial charge < -0.3 is 10.2 Å². The van der Waals surface area contributed by atoms with E-state index in [1.807, 2.05) is 38.1 Å². The second-order valence-electron chi connectivity index (χ2n) is 7.34. The quantitative estimate of drug-likeness (QED) is 0.421. The van der Waals surface area contributed by atoms with Crippen molar-refractivity contribution in [3.8, 4) is 0 Å². The number of rotatable bonds is 10. The molecule has 0 aliphatic carbocycles. The molecule has 2 aromatic rings. The van der Waals surface area contributed by atoms with Crippen molar-refractivity contribution in [2.24, 2.45) is 0 Å². The van der Waals surface area contributed by atoms with Gasteiger partial charge in [-0.25, -0.2) is 0 Å². The molecule has 0 radical (unpaired) electrons. The number of amides is 2. The summed E-state index contributed by atoms with van der Waals surface area (Å²) in [7, 11) is 0. The van der Waals surface area contributed by atoms with Gasteiger partial charge in [0, 0.05) is 33.4 Å². The van der Waals surface area contributed by atoms with Crippen molar-refractivity contribution in [1.82, 2.24) is 10.2 Å². The van der Waals surface area contributed by atoms with E-state index in [1.54, 1.807) is 30.0 Å². The highest BCUT2D eigenvalue weighted by atomic mass is 35.5. The van der Waals surface area contributed by atoms with Crippen molar-refractivity contribution in [2.45, 2.75) is 51.6 Å². The molecule has 0 saturated carbocycles. The SMILES string of the molecule is CCC(C)NC(=O)C(C)N(Cc1ccc(Cl)cc1Cl)C(=O)CSCc1ccccc1Cl. The third kappa shape index (κ3) is 7.90. The summed E-state index contributed by atoms with van der Waals surface area (Å²) in [6.45, 7) is 5.89. The molecule has 0 bridgehead atoms. The number of hydrogen-bond donors (Lipinski definition) is 1. The molecular weight excluding hydrogens is 475 g/mol. The second kappa shape index (κ2) is 12.6. The summed E-state index contributed by atoms with van der Waals surface area (Å²) >= 11 is 20.0. The van der Waals surface area contributed by atoms with Crippen molar-refractivity contribution >= 4 is 58.4 Å². The van der Waals surface area contributed by atoms with Crippen molar-refractivity contribution < 1.29 is 9.59 Å². The lowest BCUT2D eigenvalue weighted by Gasteiger charge is -2.30. The Kier molecular flexibility index (Phi) is 10.5. The van der Waals surface area contributed by atoms with Crippen LogP contribution in [0.1, 0.15) is 38.3 Å². The van der Waals surface area contributed by atoms with E-state index >= 15 is 0 Å². The third-order valence-corrected chi connectivity index (χ3v) is 6.89. The van der Waals surface area contributed by atoms with Crippen LogP contribution in [0.2, 0.25) is 15.1 Å². The number of carbonyl (C=O) groups excluding carboxylic acids is 2. The van der Waals surface area contributed by atoms with E-state index in [-0.39, 0.29) is 30.2 Å². The van der Waals surface area contributed by atoms with Gasteiger partial charge in [0.1, 0.15) is 6.04 Å². The first-order valence-corrected chi connectivity index (χ1v) is 12.4. The lowest BCUT2D eigenvalue weighted by Crippen LogP contribution is -2.50. The Balaban J connectivity index is 2.14. The first-order valence-electron chi connectivity index (χ1n) is 10.1. The monoisotopic (exact) mass is 500 g/mol. The Morgan fingerprint density at radius 3 is 2.39 bits per heavy atom. The van der Waals surface area contributed by atoms with Crippen LogP contribution in [0.4, 0.5) is 0 Å². The number of benzene rings is 2. The zero-order valence-electron chi connectivity index (χ0n) is 17.8. The van der Waals surface area contributed by atoms with Crippen LogP contribution < -0.4 is 5.32 Å². The molecule has 2 aromatic carbocycles. The third-order valence-electron chi connectivity index (χ3n) is 4.97. The second-order valence-corrected chi connectivity index (χ2v) is 9.57. The summed E-state index contributed by atoms with van der Waals surface area (Å²) in [5.74, 6) is 0.491. The van der Waals surface area contributed by atoms with Crippen molar-refractivity contribution in [2.75, 3.05) is 5.75 Å². The van der Waals surface area contributed by atoms with Crippen LogP contribution in [0.25, 0.3) is 0 Å². The molecule has 0 aromatic heterocycles. The Bertz CT molecular complexity index is 910. The number of carbonyl (C=O) groups is 2. The van der Waals surface area contributed by atoms with Crippen molar-refractivity contribution in [3.05, 3.63) is 68.7 Å². The highest BCUT2D eigenvalue weighted by Crippen LogP contribution is 2.25. The molecule has 31 heavy (non-hydrogen) atoms. The first-order chi connectivity index (χ1) is 14.7. The van der Waals surface area contributed by atoms with E-state index in [4.69, 9.17) is 34.8 Å². The van der Waals surface area contributed by atoms with Gasteiger partial charge in [-0.3, -0.25) is 9.59 Å². The molecule has 4 nitrogen and oxygen atoms in total. The standard InChI is InChI=1S/C23H27Cl3N2O2S/c1-4-15(2)27-23(30)16(3)28(12-17-9-10-19(24)11-21(17)26)22(29)14-31-13-18-7-5-6-8-20(18)25/h5-11,15-16H,4,12-14H2,1-3H3,(H,27,30). The van der Waals surface area contributed by atoms with Gasteiger partial charge >= 0.3 is 0 Å². The zero-order valence-corrected chi connectivity index (χ0v) is 20.9. The van der Waals surface area contributed by atoms with Crippen molar-refractivity contribution in [1.29, 1.82) is 0 Å². The minimum absolute atomic E-state index is 0.0284. The van der Waals surface area contributed by atoms with Gasteiger partial charge in [0.05, 0.1) is 5.75 Å². The van der Waals surface area contributed by atoms with Gasteiger partial charge in [0.25, 0.3) is 0 Å². The van der Waals surface area contributed by atoms with Gasteiger partial charge in [-0.1, -0.05) is 66.0 Å². The lowest BCUT2D eigenvalue weighted by atomic mass is 10.1. The van der Waals surface area contributed by atoms with Crippen LogP contribution in [0.3, 0.4) is 0 Å². The van der Waals surface area contributed by atoms with E-state index in [1.165, 1.54) is 11.8 Å². The number of nitrogens with one attached hydrogen (secondary N) is 1. The van der Waals surface area contributed by atoms with Crippen LogP contribution >= 0.6 is 46.6 Å². The van der Waals surface area contributed by atoms with Crippen LogP contribution in [-0.2, 0) is 21.9 Å². The molecular formula is C23H27Cl3N2O2S. The molecule has 0 fully saturated rings. The average Bonchev–Trinajstić information content (AvgIpc) is 2.73. The summed E-state index contributed by atoms with van der Waals surface area (Å²) in [4.78, 5) is 27.4. The maximum absolute atomic E-state index is 13.1. The number of hydrogen-bond acceptors (Lipinski definition) is 3. The predicted molar refractivity (Wildman–Crippen MR) is 132 cm³/mol. The van der Waals surface area contributed by atoms with Gasteiger partial charge in [-0.05, 0) is 49.6 Å². The molecule has 0 heterocycles. The Hall–Kier alpha value is -1.40. The average molecular weight is 502 g/mol. The van der Waals surface area contributed by atoms with Gasteiger partial charge in [-0.15, -0.1) is 11.8 Å². The van der Waals surface area contributed by atoms with Gasteiger partial charge in [0.2, 0.25) is 11.8 Å². The fraction of sp³-hybridized carbons (Fsp3) is 0.391. The molecule has 0 spiro atoms. The zero-order chi connectivity index (χ0) is 23.0. The summed E-state index contributed by atoms with van der Waals surface area (Å²) < 4.78 is 0. The molecule has 2 unspecified atom stereocenters. The van der Waals surface area contributed by atoms with E-state index in [2.05, 4.69) is 5.32 Å². The van der Waals surface area contributed by atoms with Gasteiger partial charge in [0.15, 0.2) is 0 Å². The highest BCUT2D eigenvalue weighted by molar-refractivity contribution is 7.99. The number of thioether (sulfide) groups is 1. The molecule has 8 heteroatoms. The van der Waals surface area contributed by atoms with E-state index in [0.717, 1.165) is 17.5 Å². The first kappa shape index (κ1) is 25.9. The molecule has 2 rings (SSSR count). The maximum Gasteiger partial charge on any atom is 0.242 e. The summed E-state index contributed by atoms with van der Waals surface area (Å²) in [6, 6.07) is 12.1. The molecule has 0 aliphatic heterocycles. The number of halogens is 3. The van der Waals surface area contributed by atoms with E-state index in [0.29, 0.717) is 20.8 Å². The lowest BCUT2D eigenvalue weighted by molar-refractivity contribution is -0.138. The van der Waals surface area contributed by atoms with Crippen LogP contribution in [-0.4, -0.2) is 34.6 Å². The Morgan fingerprint density at radius 1 is 1.03 bits per heavy atom. The summed E-state index contributed by atoms with van der Waals surface area (Å²) in [5.41, 5.74) is 1.70. The van der Waals surface area contributed by atoms with Crippen LogP contribution in [0.15, 0.2) is 42.5 Å². The predicted octanol–water partition coefficient (Wildman–Crippen LogP) is 6.21. The normalized spacial score (nSPS) is 12.8. The van der Waals surface area contributed by atoms with Crippen LogP contribution in [0, 0.1) is 0 Å². The fourth-order valence-electron chi connectivity index (χ4n) is 2.83. The summed E-state index contributed by atoms with van der Waals surface area (Å²) in [5, 5.41) is 4.61. The topological polar surface area (TPSA) is 49.4 Å². The molecule has 1 N–H and O–H groups in total. The fourth-order valence-corrected chi connectivity index (χ4v) is 4.49. The van der Waals surface area contributed by atoms with Gasteiger partial charge in [-0.2, -0.15) is 0 Å². The smallest absolute Gasteiger partial charge is 0.242 e. The van der Waals surface area contributed by atoms with E-state index in [9.17, 15) is 9.59 Å². The molecule has 168 valence electrons. The molecule has 0 saturated heterocycles. The molecule has 0 aliphatic rings. The Labute approximate surface area is 203 Å². The highest BCUT2D eigenvalue weighted by Gasteiger charge is 2.27. The Morgan fingerprint density at radius 2 is 1.74 bits per heavy atom. The molecule has 2 atom stereocenters. The minimum atomic E-state index is -0.644. The largest absolute Gasteiger partial charge is 0.352 e. The number of nitrogens with zero attached hydrogens (tertiary/aromatic N) is 1. The minimum Gasteiger partial charge on any atom is -0.352 e. The maximum atomic E-state index is 13.1. The van der Waals surface area contributed by atoms with E-state index < -0.39 is 6.04 Å². The van der Waals surface area contributed by atoms with Crippen molar-refractivity contribution in [3.63, 3.8) is 0 Å².